The molecule has 1 aromatic carbocycles. The minimum Gasteiger partial charge on any atom is -0.466 e. The first kappa shape index (κ1) is 17.6. The molecule has 0 saturated carbocycles. The van der Waals surface area contributed by atoms with E-state index in [1.165, 1.54) is 5.69 Å². The molecule has 0 aliphatic carbocycles. The average Bonchev–Trinajstić information content (AvgIpc) is 2.60. The van der Waals surface area contributed by atoms with E-state index in [2.05, 4.69) is 41.4 Å². The largest absolute Gasteiger partial charge is 0.466 e. The van der Waals surface area contributed by atoms with Gasteiger partial charge in [0.05, 0.1) is 12.5 Å². The monoisotopic (exact) mass is 319 g/mol. The minimum atomic E-state index is -0.0426. The van der Waals surface area contributed by atoms with Crippen molar-refractivity contribution in [2.45, 2.75) is 39.2 Å². The van der Waals surface area contributed by atoms with E-state index in [1.54, 1.807) is 0 Å². The number of ether oxygens (including phenoxy) is 1. The van der Waals surface area contributed by atoms with Crippen LogP contribution in [0.3, 0.4) is 0 Å². The fraction of sp³-hybridized carbons (Fsp3) is 0.611. The van der Waals surface area contributed by atoms with Gasteiger partial charge in [0.25, 0.3) is 0 Å². The summed E-state index contributed by atoms with van der Waals surface area (Å²) in [5, 5.41) is 3.36. The molecule has 1 aliphatic rings. The summed E-state index contributed by atoms with van der Waals surface area (Å²) in [6.07, 6.45) is 2.70. The molecule has 0 amide bonds. The number of hydrogen-bond acceptors (Lipinski definition) is 5. The van der Waals surface area contributed by atoms with Gasteiger partial charge in [0.1, 0.15) is 0 Å². The van der Waals surface area contributed by atoms with Gasteiger partial charge in [-0.3, -0.25) is 4.79 Å². The molecule has 0 unspecified atom stereocenters. The second kappa shape index (κ2) is 8.77. The number of rotatable bonds is 7. The van der Waals surface area contributed by atoms with Gasteiger partial charge in [-0.05, 0) is 50.5 Å². The second-order valence-corrected chi connectivity index (χ2v) is 6.11. The van der Waals surface area contributed by atoms with E-state index in [4.69, 9.17) is 10.5 Å². The Bertz CT molecular complexity index is 482. The Morgan fingerprint density at radius 1 is 1.30 bits per heavy atom. The van der Waals surface area contributed by atoms with Crippen molar-refractivity contribution in [3.63, 3.8) is 0 Å². The van der Waals surface area contributed by atoms with Crippen molar-refractivity contribution in [2.24, 2.45) is 11.7 Å². The van der Waals surface area contributed by atoms with Crippen LogP contribution in [0.5, 0.6) is 0 Å². The molecule has 1 heterocycles. The maximum Gasteiger partial charge on any atom is 0.309 e. The third-order valence-electron chi connectivity index (χ3n) is 4.44. The van der Waals surface area contributed by atoms with E-state index in [-0.39, 0.29) is 17.9 Å². The molecular weight excluding hydrogens is 290 g/mol. The highest BCUT2D eigenvalue weighted by atomic mass is 16.5. The van der Waals surface area contributed by atoms with Crippen molar-refractivity contribution in [1.29, 1.82) is 0 Å². The molecule has 5 nitrogen and oxygen atoms in total. The second-order valence-electron chi connectivity index (χ2n) is 6.11. The number of nitrogens with one attached hydrogen (secondary N) is 1. The Morgan fingerprint density at radius 2 is 1.96 bits per heavy atom. The van der Waals surface area contributed by atoms with Crippen molar-refractivity contribution in [2.75, 3.05) is 36.5 Å². The Labute approximate surface area is 139 Å². The number of carbonyl (C=O) groups is 1. The summed E-state index contributed by atoms with van der Waals surface area (Å²) in [6, 6.07) is 8.64. The quantitative estimate of drug-likeness (QED) is 0.756. The van der Waals surface area contributed by atoms with E-state index in [0.717, 1.165) is 44.6 Å². The summed E-state index contributed by atoms with van der Waals surface area (Å²) in [4.78, 5) is 14.1. The van der Waals surface area contributed by atoms with Crippen molar-refractivity contribution in [1.82, 2.24) is 0 Å². The van der Waals surface area contributed by atoms with Crippen LogP contribution >= 0.6 is 0 Å². The van der Waals surface area contributed by atoms with Crippen LogP contribution < -0.4 is 16.0 Å². The lowest BCUT2D eigenvalue weighted by Crippen LogP contribution is -2.36. The van der Waals surface area contributed by atoms with E-state index >= 15 is 0 Å². The molecule has 0 radical (unpaired) electrons. The number of nitrogens with zero attached hydrogens (tertiary/aromatic N) is 1. The normalized spacial score (nSPS) is 16.9. The van der Waals surface area contributed by atoms with Crippen molar-refractivity contribution >= 4 is 17.3 Å². The van der Waals surface area contributed by atoms with E-state index in [0.29, 0.717) is 6.61 Å². The first-order valence-corrected chi connectivity index (χ1v) is 8.65. The number of anilines is 2. The van der Waals surface area contributed by atoms with Gasteiger partial charge in [-0.15, -0.1) is 0 Å². The van der Waals surface area contributed by atoms with Gasteiger partial charge >= 0.3 is 5.97 Å². The molecular formula is C18H29N3O2. The molecule has 23 heavy (non-hydrogen) atoms. The Kier molecular flexibility index (Phi) is 6.71. The molecule has 1 fully saturated rings. The highest BCUT2D eigenvalue weighted by Crippen LogP contribution is 2.25. The summed E-state index contributed by atoms with van der Waals surface area (Å²) in [6.45, 7) is 7.01. The predicted octanol–water partition coefficient (Wildman–Crippen LogP) is 2.62. The maximum absolute atomic E-state index is 11.8. The number of carbonyl (C=O) groups excluding carboxylic acids is 1. The first-order valence-electron chi connectivity index (χ1n) is 8.65. The van der Waals surface area contributed by atoms with Crippen LogP contribution in [-0.4, -0.2) is 38.3 Å². The average molecular weight is 319 g/mol. The van der Waals surface area contributed by atoms with Crippen LogP contribution in [0.15, 0.2) is 24.3 Å². The van der Waals surface area contributed by atoms with E-state index in [1.807, 2.05) is 6.92 Å². The Morgan fingerprint density at radius 3 is 2.52 bits per heavy atom. The van der Waals surface area contributed by atoms with Gasteiger partial charge < -0.3 is 20.7 Å². The van der Waals surface area contributed by atoms with Crippen molar-refractivity contribution in [3.8, 4) is 0 Å². The molecule has 2 rings (SSSR count). The fourth-order valence-electron chi connectivity index (χ4n) is 2.82. The summed E-state index contributed by atoms with van der Waals surface area (Å²) in [7, 11) is 0. The first-order chi connectivity index (χ1) is 11.1. The molecule has 0 spiro atoms. The summed E-state index contributed by atoms with van der Waals surface area (Å²) in [5.41, 5.74) is 8.22. The smallest absolute Gasteiger partial charge is 0.309 e. The van der Waals surface area contributed by atoms with Crippen LogP contribution in [0.25, 0.3) is 0 Å². The van der Waals surface area contributed by atoms with Gasteiger partial charge in [0.15, 0.2) is 0 Å². The molecule has 1 aromatic rings. The molecule has 5 heteroatoms. The summed E-state index contributed by atoms with van der Waals surface area (Å²) >= 11 is 0. The zero-order valence-electron chi connectivity index (χ0n) is 14.3. The third-order valence-corrected chi connectivity index (χ3v) is 4.44. The van der Waals surface area contributed by atoms with Gasteiger partial charge in [-0.1, -0.05) is 6.92 Å². The number of piperidine rings is 1. The Hall–Kier alpha value is -1.75. The minimum absolute atomic E-state index is 0.0426. The maximum atomic E-state index is 11.8. The standard InChI is InChI=1S/C18H29N3O2/c1-3-15(19)13-20-16-5-7-17(8-6-16)21-11-9-14(10-12-21)18(22)23-4-2/h5-8,14-15,20H,3-4,9-13,19H2,1-2H3/t15-/m0/s1. The van der Waals surface area contributed by atoms with Gasteiger partial charge in [0.2, 0.25) is 0 Å². The van der Waals surface area contributed by atoms with Crippen LogP contribution in [-0.2, 0) is 9.53 Å². The molecule has 1 saturated heterocycles. The number of esters is 1. The topological polar surface area (TPSA) is 67.6 Å². The van der Waals surface area contributed by atoms with E-state index in [9.17, 15) is 4.79 Å². The fourth-order valence-corrected chi connectivity index (χ4v) is 2.82. The summed E-state index contributed by atoms with van der Waals surface area (Å²) in [5.74, 6) is 0.0154. The molecule has 0 bridgehead atoms. The number of hydrogen-bond donors (Lipinski definition) is 2. The zero-order chi connectivity index (χ0) is 16.7. The highest BCUT2D eigenvalue weighted by Gasteiger charge is 2.25. The lowest BCUT2D eigenvalue weighted by molar-refractivity contribution is -0.148. The third kappa shape index (κ3) is 5.13. The van der Waals surface area contributed by atoms with Crippen LogP contribution in [0.4, 0.5) is 11.4 Å². The van der Waals surface area contributed by atoms with Gasteiger partial charge in [0, 0.05) is 37.1 Å². The predicted molar refractivity (Wildman–Crippen MR) is 94.8 cm³/mol. The molecule has 128 valence electrons. The lowest BCUT2D eigenvalue weighted by Gasteiger charge is -2.32. The highest BCUT2D eigenvalue weighted by molar-refractivity contribution is 5.73. The van der Waals surface area contributed by atoms with Crippen LogP contribution in [0.1, 0.15) is 33.1 Å². The molecule has 1 aliphatic heterocycles. The van der Waals surface area contributed by atoms with Crippen molar-refractivity contribution in [3.05, 3.63) is 24.3 Å². The molecule has 0 aromatic heterocycles. The zero-order valence-corrected chi connectivity index (χ0v) is 14.3. The van der Waals surface area contributed by atoms with E-state index < -0.39 is 0 Å². The molecule has 1 atom stereocenters. The summed E-state index contributed by atoms with van der Waals surface area (Å²) < 4.78 is 5.12. The van der Waals surface area contributed by atoms with Gasteiger partial charge in [-0.2, -0.15) is 0 Å². The number of nitrogens with two attached hydrogens (primary N) is 1. The number of benzene rings is 1. The van der Waals surface area contributed by atoms with Crippen molar-refractivity contribution < 1.29 is 9.53 Å². The van der Waals surface area contributed by atoms with Crippen LogP contribution in [0.2, 0.25) is 0 Å². The molecule has 3 N–H and O–H groups in total. The van der Waals surface area contributed by atoms with Crippen LogP contribution in [0, 0.1) is 5.92 Å². The van der Waals surface area contributed by atoms with Gasteiger partial charge in [-0.25, -0.2) is 0 Å². The SMILES string of the molecule is CCOC(=O)C1CCN(c2ccc(NC[C@@H](N)CC)cc2)CC1. The Balaban J connectivity index is 1.83. The lowest BCUT2D eigenvalue weighted by atomic mass is 9.96.